The summed E-state index contributed by atoms with van der Waals surface area (Å²) in [6, 6.07) is 7.45. The molecule has 2 amide bonds. The minimum atomic E-state index is -0.137. The average Bonchev–Trinajstić information content (AvgIpc) is 3.41. The molecule has 2 fully saturated rings. The fourth-order valence-corrected chi connectivity index (χ4v) is 5.20. The number of likely N-dealkylation sites (tertiary alicyclic amines) is 1. The zero-order valence-corrected chi connectivity index (χ0v) is 15.6. The molecule has 3 heterocycles. The van der Waals surface area contributed by atoms with Crippen molar-refractivity contribution in [1.82, 2.24) is 10.2 Å². The number of thiophene rings is 1. The number of hydrogen-bond donors (Lipinski definition) is 1. The molecule has 5 nitrogen and oxygen atoms in total. The molecule has 1 spiro atoms. The lowest BCUT2D eigenvalue weighted by Crippen LogP contribution is -2.42. The summed E-state index contributed by atoms with van der Waals surface area (Å²) in [6.45, 7) is 1.61. The Morgan fingerprint density at radius 2 is 2.08 bits per heavy atom. The van der Waals surface area contributed by atoms with Gasteiger partial charge in [0, 0.05) is 18.5 Å². The van der Waals surface area contributed by atoms with Crippen LogP contribution in [0.4, 0.5) is 0 Å². The standard InChI is InChI=1S/C20H24N2O3S/c23-18(21-12-15-6-4-10-25-15)16-13-22(19(24)17-7-5-11-26-17)14-20(16)8-2-1-3-9-20/h4-7,10-11,16H,1-3,8-9,12-14H2,(H,21,23)/t16-/m1/s1. The van der Waals surface area contributed by atoms with E-state index in [-0.39, 0.29) is 23.1 Å². The number of hydrogen-bond acceptors (Lipinski definition) is 4. The van der Waals surface area contributed by atoms with Gasteiger partial charge in [0.15, 0.2) is 0 Å². The van der Waals surface area contributed by atoms with Gasteiger partial charge in [-0.1, -0.05) is 25.3 Å². The average molecular weight is 372 g/mol. The second-order valence-corrected chi connectivity index (χ2v) is 8.38. The van der Waals surface area contributed by atoms with Crippen LogP contribution in [0.5, 0.6) is 0 Å². The normalized spacial score (nSPS) is 21.8. The lowest BCUT2D eigenvalue weighted by molar-refractivity contribution is -0.128. The van der Waals surface area contributed by atoms with Crippen LogP contribution in [0.3, 0.4) is 0 Å². The van der Waals surface area contributed by atoms with Crippen molar-refractivity contribution >= 4 is 23.2 Å². The van der Waals surface area contributed by atoms with Crippen LogP contribution >= 0.6 is 11.3 Å². The molecule has 0 unspecified atom stereocenters. The lowest BCUT2D eigenvalue weighted by atomic mass is 9.67. The third kappa shape index (κ3) is 3.30. The molecule has 1 saturated carbocycles. The quantitative estimate of drug-likeness (QED) is 0.890. The van der Waals surface area contributed by atoms with E-state index in [0.29, 0.717) is 19.6 Å². The molecule has 1 aliphatic carbocycles. The SMILES string of the molecule is O=C(NCc1ccco1)[C@H]1CN(C(=O)c2cccs2)CC12CCCCC2. The van der Waals surface area contributed by atoms with E-state index in [0.717, 1.165) is 36.3 Å². The Morgan fingerprint density at radius 3 is 2.77 bits per heavy atom. The van der Waals surface area contributed by atoms with Gasteiger partial charge in [-0.25, -0.2) is 0 Å². The molecule has 0 radical (unpaired) electrons. The number of amides is 2. The molecular weight excluding hydrogens is 348 g/mol. The zero-order valence-electron chi connectivity index (χ0n) is 14.8. The van der Waals surface area contributed by atoms with E-state index in [9.17, 15) is 9.59 Å². The van der Waals surface area contributed by atoms with E-state index in [4.69, 9.17) is 4.42 Å². The molecule has 2 aromatic heterocycles. The summed E-state index contributed by atoms with van der Waals surface area (Å²) in [5, 5.41) is 4.95. The summed E-state index contributed by atoms with van der Waals surface area (Å²) in [7, 11) is 0. The molecule has 2 aliphatic rings. The van der Waals surface area contributed by atoms with Crippen molar-refractivity contribution in [3.63, 3.8) is 0 Å². The first kappa shape index (κ1) is 17.3. The van der Waals surface area contributed by atoms with E-state index >= 15 is 0 Å². The molecule has 1 aliphatic heterocycles. The predicted molar refractivity (Wildman–Crippen MR) is 99.8 cm³/mol. The second-order valence-electron chi connectivity index (χ2n) is 7.44. The van der Waals surface area contributed by atoms with Crippen LogP contribution in [0.15, 0.2) is 40.3 Å². The van der Waals surface area contributed by atoms with Crippen molar-refractivity contribution in [2.24, 2.45) is 11.3 Å². The molecular formula is C20H24N2O3S. The van der Waals surface area contributed by atoms with Gasteiger partial charge in [0.05, 0.1) is 23.6 Å². The number of nitrogens with one attached hydrogen (secondary N) is 1. The smallest absolute Gasteiger partial charge is 0.263 e. The van der Waals surface area contributed by atoms with Gasteiger partial charge in [0.2, 0.25) is 5.91 Å². The first-order chi connectivity index (χ1) is 12.7. The molecule has 1 atom stereocenters. The fourth-order valence-electron chi connectivity index (χ4n) is 4.51. The first-order valence-corrected chi connectivity index (χ1v) is 10.2. The van der Waals surface area contributed by atoms with Crippen LogP contribution in [0.2, 0.25) is 0 Å². The zero-order chi connectivity index (χ0) is 18.0. The van der Waals surface area contributed by atoms with Gasteiger partial charge in [-0.15, -0.1) is 11.3 Å². The maximum absolute atomic E-state index is 13.0. The summed E-state index contributed by atoms with van der Waals surface area (Å²) < 4.78 is 5.31. The molecule has 2 aromatic rings. The van der Waals surface area contributed by atoms with Crippen LogP contribution in [0.25, 0.3) is 0 Å². The topological polar surface area (TPSA) is 62.6 Å². The molecule has 0 bridgehead atoms. The van der Waals surface area contributed by atoms with Crippen LogP contribution in [0, 0.1) is 11.3 Å². The Balaban J connectivity index is 1.50. The Bertz CT molecular complexity index is 748. The number of carbonyl (C=O) groups excluding carboxylic acids is 2. The molecule has 138 valence electrons. The van der Waals surface area contributed by atoms with Crippen LogP contribution in [-0.4, -0.2) is 29.8 Å². The molecule has 1 saturated heterocycles. The van der Waals surface area contributed by atoms with Crippen molar-refractivity contribution in [3.8, 4) is 0 Å². The van der Waals surface area contributed by atoms with Crippen LogP contribution in [0.1, 0.15) is 47.5 Å². The summed E-state index contributed by atoms with van der Waals surface area (Å²) >= 11 is 1.47. The highest BCUT2D eigenvalue weighted by molar-refractivity contribution is 7.12. The van der Waals surface area contributed by atoms with Crippen LogP contribution in [-0.2, 0) is 11.3 Å². The molecule has 26 heavy (non-hydrogen) atoms. The predicted octanol–water partition coefficient (Wildman–Crippen LogP) is 3.68. The van der Waals surface area contributed by atoms with Gasteiger partial charge >= 0.3 is 0 Å². The number of furan rings is 1. The van der Waals surface area contributed by atoms with Crippen LogP contribution < -0.4 is 5.32 Å². The van der Waals surface area contributed by atoms with Crippen molar-refractivity contribution in [2.45, 2.75) is 38.6 Å². The third-order valence-corrected chi connectivity index (χ3v) is 6.71. The Kier molecular flexibility index (Phi) is 4.85. The van der Waals surface area contributed by atoms with Gasteiger partial charge in [-0.3, -0.25) is 9.59 Å². The molecule has 4 rings (SSSR count). The first-order valence-electron chi connectivity index (χ1n) is 9.31. The third-order valence-electron chi connectivity index (χ3n) is 5.85. The number of rotatable bonds is 4. The van der Waals surface area contributed by atoms with E-state index in [1.807, 2.05) is 34.5 Å². The van der Waals surface area contributed by atoms with E-state index in [1.54, 1.807) is 6.26 Å². The summed E-state index contributed by atoms with van der Waals surface area (Å²) in [5.74, 6) is 0.721. The largest absolute Gasteiger partial charge is 0.467 e. The lowest BCUT2D eigenvalue weighted by Gasteiger charge is -2.37. The summed E-state index contributed by atoms with van der Waals surface area (Å²) in [5.41, 5.74) is -0.0710. The highest BCUT2D eigenvalue weighted by Crippen LogP contribution is 2.48. The van der Waals surface area contributed by atoms with Gasteiger partial charge in [-0.05, 0) is 36.4 Å². The molecule has 0 aromatic carbocycles. The van der Waals surface area contributed by atoms with Crippen molar-refractivity contribution in [1.29, 1.82) is 0 Å². The fraction of sp³-hybridized carbons (Fsp3) is 0.500. The highest BCUT2D eigenvalue weighted by atomic mass is 32.1. The van der Waals surface area contributed by atoms with E-state index in [1.165, 1.54) is 17.8 Å². The van der Waals surface area contributed by atoms with Gasteiger partial charge < -0.3 is 14.6 Å². The minimum Gasteiger partial charge on any atom is -0.467 e. The molecule has 1 N–H and O–H groups in total. The Morgan fingerprint density at radius 1 is 1.23 bits per heavy atom. The molecule has 6 heteroatoms. The summed E-state index contributed by atoms with van der Waals surface area (Å²) in [6.07, 6.45) is 7.18. The number of carbonyl (C=O) groups is 2. The van der Waals surface area contributed by atoms with Gasteiger partial charge in [-0.2, -0.15) is 0 Å². The van der Waals surface area contributed by atoms with Crippen molar-refractivity contribution in [2.75, 3.05) is 13.1 Å². The maximum Gasteiger partial charge on any atom is 0.263 e. The van der Waals surface area contributed by atoms with Crippen molar-refractivity contribution in [3.05, 3.63) is 46.5 Å². The van der Waals surface area contributed by atoms with E-state index < -0.39 is 0 Å². The van der Waals surface area contributed by atoms with Gasteiger partial charge in [0.25, 0.3) is 5.91 Å². The van der Waals surface area contributed by atoms with Crippen molar-refractivity contribution < 1.29 is 14.0 Å². The minimum absolute atomic E-state index is 0.0461. The Labute approximate surface area is 157 Å². The highest BCUT2D eigenvalue weighted by Gasteiger charge is 2.51. The monoisotopic (exact) mass is 372 g/mol. The maximum atomic E-state index is 13.0. The summed E-state index contributed by atoms with van der Waals surface area (Å²) in [4.78, 5) is 28.5. The van der Waals surface area contributed by atoms with Gasteiger partial charge in [0.1, 0.15) is 5.76 Å². The number of nitrogens with zero attached hydrogens (tertiary/aromatic N) is 1. The Hall–Kier alpha value is -2.08. The van der Waals surface area contributed by atoms with E-state index in [2.05, 4.69) is 5.32 Å². The second kappa shape index (κ2) is 7.27.